The fraction of sp³-hybridized carbons (Fsp3) is 0.933. The number of thioether (sulfide) groups is 1. The van der Waals surface area contributed by atoms with Crippen molar-refractivity contribution in [1.82, 2.24) is 10.2 Å². The van der Waals surface area contributed by atoms with Crippen molar-refractivity contribution in [2.24, 2.45) is 0 Å². The predicted octanol–water partition coefficient (Wildman–Crippen LogP) is 3.12. The van der Waals surface area contributed by atoms with Crippen LogP contribution in [0.5, 0.6) is 0 Å². The number of ether oxygens (including phenoxy) is 1. The first-order valence-electron chi connectivity index (χ1n) is 7.48. The van der Waals surface area contributed by atoms with E-state index in [1.807, 2.05) is 37.4 Å². The van der Waals surface area contributed by atoms with Crippen LogP contribution in [0.3, 0.4) is 0 Å². The van der Waals surface area contributed by atoms with E-state index in [9.17, 15) is 4.79 Å². The molecule has 4 nitrogen and oxygen atoms in total. The first-order chi connectivity index (χ1) is 9.26. The van der Waals surface area contributed by atoms with E-state index in [1.165, 1.54) is 12.2 Å². The first-order valence-corrected chi connectivity index (χ1v) is 8.87. The Hall–Kier alpha value is -0.420. The van der Waals surface area contributed by atoms with Crippen molar-refractivity contribution in [3.8, 4) is 0 Å². The maximum atomic E-state index is 12.0. The number of amides is 1. The maximum Gasteiger partial charge on any atom is 0.410 e. The summed E-state index contributed by atoms with van der Waals surface area (Å²) < 4.78 is 5.42. The summed E-state index contributed by atoms with van der Waals surface area (Å²) in [5, 5.41) is 3.65. The second-order valence-electron chi connectivity index (χ2n) is 6.80. The minimum absolute atomic E-state index is 0.164. The molecule has 0 spiro atoms. The molecule has 1 aliphatic heterocycles. The molecule has 0 aromatic rings. The molecule has 1 saturated heterocycles. The van der Waals surface area contributed by atoms with Gasteiger partial charge in [0.05, 0.1) is 0 Å². The topological polar surface area (TPSA) is 41.6 Å². The number of nitrogens with zero attached hydrogens (tertiary/aromatic N) is 1. The third kappa shape index (κ3) is 6.35. The quantitative estimate of drug-likeness (QED) is 0.792. The summed E-state index contributed by atoms with van der Waals surface area (Å²) in [6, 6.07) is 0. The largest absolute Gasteiger partial charge is 0.444 e. The highest BCUT2D eigenvalue weighted by Crippen LogP contribution is 2.23. The Morgan fingerprint density at radius 2 is 1.95 bits per heavy atom. The molecule has 1 heterocycles. The molecule has 1 rings (SSSR count). The third-order valence-electron chi connectivity index (χ3n) is 3.60. The van der Waals surface area contributed by atoms with Crippen LogP contribution in [-0.4, -0.2) is 53.8 Å². The molecule has 0 radical (unpaired) electrons. The van der Waals surface area contributed by atoms with E-state index in [0.29, 0.717) is 0 Å². The molecule has 0 unspecified atom stereocenters. The Morgan fingerprint density at radius 1 is 1.35 bits per heavy atom. The van der Waals surface area contributed by atoms with Gasteiger partial charge >= 0.3 is 6.09 Å². The van der Waals surface area contributed by atoms with E-state index in [2.05, 4.69) is 18.5 Å². The van der Waals surface area contributed by atoms with E-state index >= 15 is 0 Å². The lowest BCUT2D eigenvalue weighted by atomic mass is 9.89. The fourth-order valence-electron chi connectivity index (χ4n) is 2.29. The van der Waals surface area contributed by atoms with Crippen LogP contribution < -0.4 is 5.32 Å². The predicted molar refractivity (Wildman–Crippen MR) is 86.4 cm³/mol. The molecule has 0 aliphatic carbocycles. The Balaban J connectivity index is 2.33. The van der Waals surface area contributed by atoms with E-state index in [0.717, 1.165) is 32.5 Å². The van der Waals surface area contributed by atoms with Crippen LogP contribution in [0.15, 0.2) is 0 Å². The fourth-order valence-corrected chi connectivity index (χ4v) is 2.73. The molecule has 0 saturated carbocycles. The third-order valence-corrected chi connectivity index (χ3v) is 4.29. The Bertz CT molecular complexity index is 307. The first kappa shape index (κ1) is 17.6. The van der Waals surface area contributed by atoms with Gasteiger partial charge in [0.1, 0.15) is 5.60 Å². The molecule has 0 aromatic carbocycles. The van der Waals surface area contributed by atoms with Gasteiger partial charge in [0.2, 0.25) is 0 Å². The smallest absolute Gasteiger partial charge is 0.410 e. The summed E-state index contributed by atoms with van der Waals surface area (Å²) in [5.74, 6) is 1.20. The Morgan fingerprint density at radius 3 is 2.45 bits per heavy atom. The van der Waals surface area contributed by atoms with Gasteiger partial charge in [-0.1, -0.05) is 0 Å². The summed E-state index contributed by atoms with van der Waals surface area (Å²) >= 11 is 1.89. The van der Waals surface area contributed by atoms with Gasteiger partial charge in [-0.25, -0.2) is 4.79 Å². The van der Waals surface area contributed by atoms with E-state index < -0.39 is 5.60 Å². The Labute approximate surface area is 128 Å². The number of hydrogen-bond acceptors (Lipinski definition) is 4. The molecule has 20 heavy (non-hydrogen) atoms. The normalized spacial score (nSPS) is 18.9. The van der Waals surface area contributed by atoms with Gasteiger partial charge in [-0.05, 0) is 65.5 Å². The van der Waals surface area contributed by atoms with Crippen LogP contribution in [0.2, 0.25) is 0 Å². The summed E-state index contributed by atoms with van der Waals surface area (Å²) in [7, 11) is 0. The lowest BCUT2D eigenvalue weighted by molar-refractivity contribution is 0.0158. The van der Waals surface area contributed by atoms with Crippen LogP contribution in [0.25, 0.3) is 0 Å². The van der Waals surface area contributed by atoms with Gasteiger partial charge in [0.25, 0.3) is 0 Å². The van der Waals surface area contributed by atoms with Crippen LogP contribution in [0, 0.1) is 0 Å². The van der Waals surface area contributed by atoms with Crippen molar-refractivity contribution >= 4 is 17.9 Å². The van der Waals surface area contributed by atoms with Crippen molar-refractivity contribution in [3.05, 3.63) is 0 Å². The lowest BCUT2D eigenvalue weighted by Crippen LogP contribution is -2.53. The number of carbonyl (C=O) groups excluding carboxylic acids is 1. The molecule has 0 bridgehead atoms. The van der Waals surface area contributed by atoms with Crippen molar-refractivity contribution < 1.29 is 9.53 Å². The van der Waals surface area contributed by atoms with Gasteiger partial charge in [-0.3, -0.25) is 0 Å². The molecule has 5 heteroatoms. The average Bonchev–Trinajstić information content (AvgIpc) is 2.33. The van der Waals surface area contributed by atoms with Crippen LogP contribution in [0.1, 0.15) is 47.0 Å². The second kappa shape index (κ2) is 7.55. The minimum atomic E-state index is -0.409. The minimum Gasteiger partial charge on any atom is -0.444 e. The zero-order valence-electron chi connectivity index (χ0n) is 13.6. The summed E-state index contributed by atoms with van der Waals surface area (Å²) in [4.78, 5) is 13.8. The van der Waals surface area contributed by atoms with Gasteiger partial charge in [0, 0.05) is 18.6 Å². The van der Waals surface area contributed by atoms with Crippen molar-refractivity contribution in [1.29, 1.82) is 0 Å². The van der Waals surface area contributed by atoms with Crippen LogP contribution in [-0.2, 0) is 4.74 Å². The zero-order valence-corrected chi connectivity index (χ0v) is 14.4. The summed E-state index contributed by atoms with van der Waals surface area (Å²) in [6.07, 6.45) is 5.15. The van der Waals surface area contributed by atoms with Gasteiger partial charge in [-0.2, -0.15) is 11.8 Å². The zero-order chi connectivity index (χ0) is 15.2. The van der Waals surface area contributed by atoms with Crippen LogP contribution >= 0.6 is 11.8 Å². The number of likely N-dealkylation sites (tertiary alicyclic amines) is 1. The van der Waals surface area contributed by atoms with E-state index in [4.69, 9.17) is 4.74 Å². The summed E-state index contributed by atoms with van der Waals surface area (Å²) in [5.41, 5.74) is -0.245. The van der Waals surface area contributed by atoms with Crippen molar-refractivity contribution in [2.75, 3.05) is 31.6 Å². The SMILES string of the molecule is CSCCCNC1(C)CCN(C(=O)OC(C)(C)C)CC1. The van der Waals surface area contributed by atoms with Crippen molar-refractivity contribution in [3.63, 3.8) is 0 Å². The number of piperidine rings is 1. The molecular weight excluding hydrogens is 272 g/mol. The molecule has 0 aromatic heterocycles. The highest BCUT2D eigenvalue weighted by molar-refractivity contribution is 7.98. The second-order valence-corrected chi connectivity index (χ2v) is 7.79. The summed E-state index contributed by atoms with van der Waals surface area (Å²) in [6.45, 7) is 10.6. The number of hydrogen-bond donors (Lipinski definition) is 1. The number of nitrogens with one attached hydrogen (secondary N) is 1. The molecule has 1 aliphatic rings. The standard InChI is InChI=1S/C15H30N2O2S/c1-14(2,3)19-13(18)17-10-7-15(4,8-11-17)16-9-6-12-20-5/h16H,6-12H2,1-5H3. The van der Waals surface area contributed by atoms with Crippen molar-refractivity contribution in [2.45, 2.75) is 58.1 Å². The highest BCUT2D eigenvalue weighted by Gasteiger charge is 2.32. The van der Waals surface area contributed by atoms with Gasteiger partial charge in [0.15, 0.2) is 0 Å². The monoisotopic (exact) mass is 302 g/mol. The molecule has 1 fully saturated rings. The molecule has 1 N–H and O–H groups in total. The van der Waals surface area contributed by atoms with Gasteiger partial charge < -0.3 is 15.0 Å². The van der Waals surface area contributed by atoms with Gasteiger partial charge in [-0.15, -0.1) is 0 Å². The molecule has 0 atom stereocenters. The highest BCUT2D eigenvalue weighted by atomic mass is 32.2. The molecule has 118 valence electrons. The average molecular weight is 302 g/mol. The maximum absolute atomic E-state index is 12.0. The lowest BCUT2D eigenvalue weighted by Gasteiger charge is -2.40. The molecular formula is C15H30N2O2S. The van der Waals surface area contributed by atoms with E-state index in [-0.39, 0.29) is 11.6 Å². The number of rotatable bonds is 5. The molecule has 1 amide bonds. The van der Waals surface area contributed by atoms with E-state index in [1.54, 1.807) is 0 Å². The Kier molecular flexibility index (Phi) is 6.65. The van der Waals surface area contributed by atoms with Crippen LogP contribution in [0.4, 0.5) is 4.79 Å². The number of carbonyl (C=O) groups is 1.